The summed E-state index contributed by atoms with van der Waals surface area (Å²) >= 11 is 0. The van der Waals surface area contributed by atoms with Crippen molar-refractivity contribution in [2.24, 2.45) is 5.92 Å². The highest BCUT2D eigenvalue weighted by Crippen LogP contribution is 2.22. The van der Waals surface area contributed by atoms with Crippen LogP contribution < -0.4 is 5.32 Å². The van der Waals surface area contributed by atoms with Crippen molar-refractivity contribution in [1.82, 2.24) is 5.32 Å². The van der Waals surface area contributed by atoms with Crippen molar-refractivity contribution in [3.63, 3.8) is 0 Å². The van der Waals surface area contributed by atoms with Crippen LogP contribution in [0.4, 0.5) is 0 Å². The van der Waals surface area contributed by atoms with Crippen LogP contribution >= 0.6 is 0 Å². The molecule has 7 heteroatoms. The molecule has 0 radical (unpaired) electrons. The van der Waals surface area contributed by atoms with Gasteiger partial charge in [0.05, 0.1) is 16.9 Å². The summed E-state index contributed by atoms with van der Waals surface area (Å²) < 4.78 is 27.3. The van der Waals surface area contributed by atoms with Gasteiger partial charge in [-0.15, -0.1) is 6.58 Å². The van der Waals surface area contributed by atoms with Gasteiger partial charge in [0.1, 0.15) is 0 Å². The number of imide groups is 1. The SMILES string of the molecule is C=CCS(=O)(=O)O.CC1CCCCC1.O=C1NC(=O)c2ccccc21. The van der Waals surface area contributed by atoms with Crippen molar-refractivity contribution in [3.8, 4) is 0 Å². The second-order valence-electron chi connectivity index (χ2n) is 6.11. The zero-order valence-corrected chi connectivity index (χ0v) is 15.2. The van der Waals surface area contributed by atoms with Crippen LogP contribution in [0.5, 0.6) is 0 Å². The van der Waals surface area contributed by atoms with Crippen LogP contribution in [0.25, 0.3) is 0 Å². The number of carbonyl (C=O) groups excluding carboxylic acids is 2. The van der Waals surface area contributed by atoms with Gasteiger partial charge in [-0.3, -0.25) is 19.5 Å². The molecule has 3 rings (SSSR count). The molecule has 0 aromatic heterocycles. The van der Waals surface area contributed by atoms with E-state index in [0.29, 0.717) is 11.1 Å². The number of carbonyl (C=O) groups is 2. The van der Waals surface area contributed by atoms with Crippen molar-refractivity contribution in [1.29, 1.82) is 0 Å². The lowest BCUT2D eigenvalue weighted by molar-refractivity contribution is 0.0879. The molecule has 2 aliphatic rings. The first-order valence-corrected chi connectivity index (χ1v) is 9.86. The van der Waals surface area contributed by atoms with Gasteiger partial charge in [-0.05, 0) is 18.1 Å². The van der Waals surface area contributed by atoms with E-state index in [2.05, 4.69) is 18.8 Å². The number of fused-ring (bicyclic) bond motifs is 1. The molecule has 0 saturated heterocycles. The average Bonchev–Trinajstić information content (AvgIpc) is 2.83. The van der Waals surface area contributed by atoms with Crippen LogP contribution in [0.3, 0.4) is 0 Å². The summed E-state index contributed by atoms with van der Waals surface area (Å²) in [6.45, 7) is 5.47. The number of hydrogen-bond acceptors (Lipinski definition) is 4. The predicted octanol–water partition coefficient (Wildman–Crippen LogP) is 3.22. The second kappa shape index (κ2) is 10.1. The van der Waals surface area contributed by atoms with Crippen LogP contribution in [0, 0.1) is 5.92 Å². The molecule has 25 heavy (non-hydrogen) atoms. The van der Waals surface area contributed by atoms with Gasteiger partial charge in [0.15, 0.2) is 0 Å². The van der Waals surface area contributed by atoms with E-state index in [4.69, 9.17) is 4.55 Å². The third-order valence-corrected chi connectivity index (χ3v) is 4.52. The summed E-state index contributed by atoms with van der Waals surface area (Å²) in [7, 11) is -3.79. The van der Waals surface area contributed by atoms with Crippen LogP contribution in [0.15, 0.2) is 36.9 Å². The normalized spacial score (nSPS) is 16.6. The molecule has 1 aliphatic heterocycles. The van der Waals surface area contributed by atoms with Gasteiger partial charge in [-0.1, -0.05) is 57.2 Å². The van der Waals surface area contributed by atoms with E-state index in [1.807, 2.05) is 0 Å². The number of amides is 2. The maximum atomic E-state index is 10.9. The van der Waals surface area contributed by atoms with Gasteiger partial charge >= 0.3 is 0 Å². The van der Waals surface area contributed by atoms with Crippen molar-refractivity contribution in [3.05, 3.63) is 48.0 Å². The molecule has 0 atom stereocenters. The molecular weight excluding hydrogens is 342 g/mol. The molecule has 6 nitrogen and oxygen atoms in total. The smallest absolute Gasteiger partial charge is 0.268 e. The molecule has 1 aromatic carbocycles. The lowest BCUT2D eigenvalue weighted by atomic mass is 9.91. The number of nitrogens with one attached hydrogen (secondary N) is 1. The zero-order valence-electron chi connectivity index (χ0n) is 14.4. The third kappa shape index (κ3) is 8.09. The van der Waals surface area contributed by atoms with Gasteiger partial charge in [0, 0.05) is 0 Å². The molecule has 2 amide bonds. The van der Waals surface area contributed by atoms with Crippen molar-refractivity contribution >= 4 is 21.9 Å². The maximum absolute atomic E-state index is 10.9. The predicted molar refractivity (Wildman–Crippen MR) is 97.1 cm³/mol. The Hall–Kier alpha value is -1.99. The zero-order chi connectivity index (χ0) is 18.9. The Balaban J connectivity index is 0.000000197. The van der Waals surface area contributed by atoms with E-state index in [9.17, 15) is 18.0 Å². The molecule has 0 bridgehead atoms. The monoisotopic (exact) mass is 367 g/mol. The molecule has 138 valence electrons. The molecule has 1 saturated carbocycles. The highest BCUT2D eigenvalue weighted by atomic mass is 32.2. The Morgan fingerprint density at radius 3 is 1.88 bits per heavy atom. The Labute approximate surface area is 149 Å². The highest BCUT2D eigenvalue weighted by molar-refractivity contribution is 7.85. The maximum Gasteiger partial charge on any atom is 0.268 e. The fourth-order valence-electron chi connectivity index (χ4n) is 2.57. The van der Waals surface area contributed by atoms with E-state index in [1.54, 1.807) is 24.3 Å². The number of hydrogen-bond donors (Lipinski definition) is 2. The fraction of sp³-hybridized carbons (Fsp3) is 0.444. The minimum absolute atomic E-state index is 0.300. The van der Waals surface area contributed by atoms with Crippen LogP contribution in [-0.4, -0.2) is 30.5 Å². The number of benzene rings is 1. The lowest BCUT2D eigenvalue weighted by Gasteiger charge is -2.15. The largest absolute Gasteiger partial charge is 0.288 e. The Morgan fingerprint density at radius 2 is 1.60 bits per heavy atom. The average molecular weight is 367 g/mol. The molecule has 0 spiro atoms. The summed E-state index contributed by atoms with van der Waals surface area (Å²) in [6, 6.07) is 6.74. The fourth-order valence-corrected chi connectivity index (χ4v) is 2.87. The first-order chi connectivity index (χ1) is 11.7. The van der Waals surface area contributed by atoms with Crippen molar-refractivity contribution < 1.29 is 22.6 Å². The molecular formula is C18H25NO5S. The topological polar surface area (TPSA) is 101 Å². The highest BCUT2D eigenvalue weighted by Gasteiger charge is 2.25. The Morgan fingerprint density at radius 1 is 1.12 bits per heavy atom. The van der Waals surface area contributed by atoms with Gasteiger partial charge in [0.25, 0.3) is 21.9 Å². The summed E-state index contributed by atoms with van der Waals surface area (Å²) in [4.78, 5) is 21.9. The Bertz CT molecular complexity index is 673. The van der Waals surface area contributed by atoms with Crippen LogP contribution in [0.2, 0.25) is 0 Å². The van der Waals surface area contributed by atoms with Crippen molar-refractivity contribution in [2.75, 3.05) is 5.75 Å². The summed E-state index contributed by atoms with van der Waals surface area (Å²) in [5.41, 5.74) is 0.940. The first-order valence-electron chi connectivity index (χ1n) is 8.25. The van der Waals surface area contributed by atoms with E-state index in [0.717, 1.165) is 12.0 Å². The van der Waals surface area contributed by atoms with Crippen molar-refractivity contribution in [2.45, 2.75) is 39.0 Å². The quantitative estimate of drug-likeness (QED) is 0.475. The second-order valence-corrected chi connectivity index (χ2v) is 7.61. The standard InChI is InChI=1S/C8H5NO2.C7H14.C3H6O3S/c10-7-5-3-1-2-4-6(5)8(11)9-7;1-7-5-3-2-4-6-7;1-2-3-7(4,5)6/h1-4H,(H,9,10,11);7H,2-6H2,1H3;2H,1,3H2,(H,4,5,6). The van der Waals surface area contributed by atoms with E-state index in [1.165, 1.54) is 32.1 Å². The van der Waals surface area contributed by atoms with Gasteiger partial charge in [-0.25, -0.2) is 0 Å². The lowest BCUT2D eigenvalue weighted by Crippen LogP contribution is -2.19. The molecule has 1 aliphatic carbocycles. The Kier molecular flexibility index (Phi) is 8.51. The van der Waals surface area contributed by atoms with Crippen LogP contribution in [-0.2, 0) is 10.1 Å². The van der Waals surface area contributed by atoms with Gasteiger partial charge in [0.2, 0.25) is 0 Å². The summed E-state index contributed by atoms with van der Waals surface area (Å²) in [5.74, 6) is 0.0671. The first kappa shape index (κ1) is 21.1. The van der Waals surface area contributed by atoms with E-state index < -0.39 is 10.1 Å². The van der Waals surface area contributed by atoms with Gasteiger partial charge < -0.3 is 0 Å². The van der Waals surface area contributed by atoms with Crippen LogP contribution in [0.1, 0.15) is 59.7 Å². The minimum Gasteiger partial charge on any atom is -0.288 e. The number of rotatable bonds is 2. The molecule has 1 heterocycles. The van der Waals surface area contributed by atoms with E-state index in [-0.39, 0.29) is 17.6 Å². The molecule has 1 aromatic rings. The third-order valence-electron chi connectivity index (χ3n) is 3.87. The minimum atomic E-state index is -3.79. The van der Waals surface area contributed by atoms with E-state index >= 15 is 0 Å². The molecule has 2 N–H and O–H groups in total. The summed E-state index contributed by atoms with van der Waals surface area (Å²) in [6.07, 6.45) is 8.56. The van der Waals surface area contributed by atoms with Gasteiger partial charge in [-0.2, -0.15) is 8.42 Å². The molecule has 0 unspecified atom stereocenters. The molecule has 1 fully saturated rings. The summed E-state index contributed by atoms with van der Waals surface area (Å²) in [5, 5.41) is 2.20.